The van der Waals surface area contributed by atoms with Crippen LogP contribution in [-0.4, -0.2) is 20.9 Å². The van der Waals surface area contributed by atoms with Crippen LogP contribution in [-0.2, 0) is 27.9 Å². The van der Waals surface area contributed by atoms with Gasteiger partial charge in [-0.2, -0.15) is 0 Å². The molecule has 3 rings (SSSR count). The van der Waals surface area contributed by atoms with Gasteiger partial charge in [-0.25, -0.2) is 4.98 Å². The van der Waals surface area contributed by atoms with E-state index in [1.54, 1.807) is 13.0 Å². The average Bonchev–Trinajstić information content (AvgIpc) is 3.01. The van der Waals surface area contributed by atoms with Crippen molar-refractivity contribution in [2.45, 2.75) is 26.1 Å². The molecule has 0 aliphatic rings. The van der Waals surface area contributed by atoms with E-state index in [0.29, 0.717) is 28.9 Å². The van der Waals surface area contributed by atoms with Crippen molar-refractivity contribution in [1.82, 2.24) is 10.3 Å². The van der Waals surface area contributed by atoms with Gasteiger partial charge in [0.05, 0.1) is 11.4 Å². The highest BCUT2D eigenvalue weighted by atomic mass is 35.5. The minimum Gasteiger partial charge on any atom is -0.441 e. The number of hydrogen-bond donors (Lipinski definition) is 1. The molecule has 3 aromatic rings. The van der Waals surface area contributed by atoms with Crippen LogP contribution >= 0.6 is 11.6 Å². The summed E-state index contributed by atoms with van der Waals surface area (Å²) in [6, 6.07) is 15.1. The Balaban J connectivity index is 1.58. The largest absolute Gasteiger partial charge is 0.441 e. The van der Waals surface area contributed by atoms with Gasteiger partial charge in [-0.05, 0) is 37.1 Å². The summed E-state index contributed by atoms with van der Waals surface area (Å²) in [7, 11) is -1.39. The van der Waals surface area contributed by atoms with E-state index in [1.807, 2.05) is 49.4 Å². The van der Waals surface area contributed by atoms with E-state index in [9.17, 15) is 9.00 Å². The fourth-order valence-corrected chi connectivity index (χ4v) is 4.00. The molecule has 1 amide bonds. The van der Waals surface area contributed by atoms with Crippen molar-refractivity contribution in [1.29, 1.82) is 0 Å². The van der Waals surface area contributed by atoms with Crippen molar-refractivity contribution in [2.24, 2.45) is 0 Å². The van der Waals surface area contributed by atoms with Crippen LogP contribution in [0, 0.1) is 13.8 Å². The van der Waals surface area contributed by atoms with Crippen molar-refractivity contribution < 1.29 is 13.4 Å². The summed E-state index contributed by atoms with van der Waals surface area (Å²) in [5.74, 6) is 0.893. The van der Waals surface area contributed by atoms with Crippen molar-refractivity contribution in [3.63, 3.8) is 0 Å². The van der Waals surface area contributed by atoms with Crippen LogP contribution in [0.4, 0.5) is 0 Å². The zero-order valence-corrected chi connectivity index (χ0v) is 17.3. The Morgan fingerprint density at radius 3 is 2.61 bits per heavy atom. The van der Waals surface area contributed by atoms with Crippen LogP contribution in [0.3, 0.4) is 0 Å². The number of carbonyl (C=O) groups is 1. The first kappa shape index (κ1) is 20.3. The molecular formula is C21H21ClN2O3S. The summed E-state index contributed by atoms with van der Waals surface area (Å²) >= 11 is 6.07. The maximum absolute atomic E-state index is 12.4. The first-order valence-corrected chi connectivity index (χ1v) is 10.7. The van der Waals surface area contributed by atoms with Crippen LogP contribution in [0.25, 0.3) is 11.5 Å². The summed E-state index contributed by atoms with van der Waals surface area (Å²) in [4.78, 5) is 16.6. The second-order valence-electron chi connectivity index (χ2n) is 6.43. The van der Waals surface area contributed by atoms with Crippen LogP contribution in [0.5, 0.6) is 0 Å². The molecule has 0 saturated heterocycles. The molecule has 5 nitrogen and oxygen atoms in total. The lowest BCUT2D eigenvalue weighted by atomic mass is 10.1. The van der Waals surface area contributed by atoms with E-state index < -0.39 is 10.8 Å². The third-order valence-electron chi connectivity index (χ3n) is 4.29. The number of aromatic nitrogens is 1. The predicted molar refractivity (Wildman–Crippen MR) is 111 cm³/mol. The van der Waals surface area contributed by atoms with E-state index in [4.69, 9.17) is 16.0 Å². The minimum absolute atomic E-state index is 0.101. The maximum atomic E-state index is 12.4. The number of rotatable bonds is 7. The number of carbonyl (C=O) groups excluding carboxylic acids is 1. The molecule has 0 fully saturated rings. The Bertz CT molecular complexity index is 1020. The van der Waals surface area contributed by atoms with E-state index >= 15 is 0 Å². The highest BCUT2D eigenvalue weighted by Crippen LogP contribution is 2.25. The van der Waals surface area contributed by atoms with Crippen molar-refractivity contribution in [2.75, 3.05) is 5.75 Å². The molecule has 7 heteroatoms. The third kappa shape index (κ3) is 5.09. The second-order valence-corrected chi connectivity index (χ2v) is 8.30. The van der Waals surface area contributed by atoms with Gasteiger partial charge in [-0.3, -0.25) is 9.00 Å². The van der Waals surface area contributed by atoms with Gasteiger partial charge in [0.15, 0.2) is 0 Å². The number of oxazole rings is 1. The first-order valence-electron chi connectivity index (χ1n) is 8.81. The molecule has 1 atom stereocenters. The van der Waals surface area contributed by atoms with E-state index in [1.165, 1.54) is 0 Å². The topological polar surface area (TPSA) is 72.2 Å². The molecule has 0 bridgehead atoms. The molecule has 146 valence electrons. The van der Waals surface area contributed by atoms with Crippen LogP contribution < -0.4 is 5.32 Å². The smallest absolute Gasteiger partial charge is 0.232 e. The zero-order valence-electron chi connectivity index (χ0n) is 15.7. The summed E-state index contributed by atoms with van der Waals surface area (Å²) in [6.07, 6.45) is 0. The molecule has 1 N–H and O–H groups in total. The van der Waals surface area contributed by atoms with Crippen LogP contribution in [0.2, 0.25) is 5.02 Å². The molecule has 1 aromatic heterocycles. The maximum Gasteiger partial charge on any atom is 0.232 e. The zero-order chi connectivity index (χ0) is 20.1. The fourth-order valence-electron chi connectivity index (χ4n) is 2.73. The SMILES string of the molecule is Cc1ccccc1-c1nc(C[S@@](=O)CC(=O)NCc2ccccc2Cl)c(C)o1. The van der Waals surface area contributed by atoms with Gasteiger partial charge in [0.1, 0.15) is 11.5 Å². The van der Waals surface area contributed by atoms with Gasteiger partial charge < -0.3 is 9.73 Å². The summed E-state index contributed by atoms with van der Waals surface area (Å²) in [6.45, 7) is 4.07. The van der Waals surface area contributed by atoms with E-state index in [2.05, 4.69) is 10.3 Å². The second kappa shape index (κ2) is 9.17. The van der Waals surface area contributed by atoms with Crippen molar-refractivity contribution in [3.05, 3.63) is 76.1 Å². The molecule has 0 saturated carbocycles. The Morgan fingerprint density at radius 1 is 1.14 bits per heavy atom. The third-order valence-corrected chi connectivity index (χ3v) is 5.84. The number of aryl methyl sites for hydroxylation is 2. The predicted octanol–water partition coefficient (Wildman–Crippen LogP) is 4.18. The Morgan fingerprint density at radius 2 is 1.86 bits per heavy atom. The van der Waals surface area contributed by atoms with Crippen LogP contribution in [0.1, 0.15) is 22.6 Å². The minimum atomic E-state index is -1.39. The van der Waals surface area contributed by atoms with Gasteiger partial charge in [-0.15, -0.1) is 0 Å². The molecule has 0 aliphatic heterocycles. The molecule has 0 unspecified atom stereocenters. The number of nitrogens with one attached hydrogen (secondary N) is 1. The van der Waals surface area contributed by atoms with Gasteiger partial charge in [0, 0.05) is 27.9 Å². The number of amides is 1. The molecule has 0 radical (unpaired) electrons. The lowest BCUT2D eigenvalue weighted by molar-refractivity contribution is -0.118. The standard InChI is InChI=1S/C21H21ClN2O3S/c1-14-7-3-5-9-17(14)21-24-19(15(2)27-21)12-28(26)13-20(25)23-11-16-8-4-6-10-18(16)22/h3-10H,11-13H2,1-2H3,(H,23,25)/t28-/m1/s1. The summed E-state index contributed by atoms with van der Waals surface area (Å²) < 4.78 is 18.2. The van der Waals surface area contributed by atoms with Crippen molar-refractivity contribution >= 4 is 28.3 Å². The fraction of sp³-hybridized carbons (Fsp3) is 0.238. The van der Waals surface area contributed by atoms with Gasteiger partial charge in [-0.1, -0.05) is 48.0 Å². The lowest BCUT2D eigenvalue weighted by Gasteiger charge is -2.06. The van der Waals surface area contributed by atoms with Crippen molar-refractivity contribution in [3.8, 4) is 11.5 Å². The van der Waals surface area contributed by atoms with E-state index in [0.717, 1.165) is 16.7 Å². The first-order chi connectivity index (χ1) is 13.4. The van der Waals surface area contributed by atoms with Gasteiger partial charge >= 0.3 is 0 Å². The summed E-state index contributed by atoms with van der Waals surface area (Å²) in [5, 5.41) is 3.34. The number of hydrogen-bond acceptors (Lipinski definition) is 4. The Hall–Kier alpha value is -2.44. The quantitative estimate of drug-likeness (QED) is 0.627. The molecule has 2 aromatic carbocycles. The number of nitrogens with zero attached hydrogens (tertiary/aromatic N) is 1. The summed E-state index contributed by atoms with van der Waals surface area (Å²) in [5.41, 5.74) is 3.38. The average molecular weight is 417 g/mol. The number of halogens is 1. The highest BCUT2D eigenvalue weighted by molar-refractivity contribution is 7.84. The molecular weight excluding hydrogens is 396 g/mol. The molecule has 28 heavy (non-hydrogen) atoms. The molecule has 0 spiro atoms. The van der Waals surface area contributed by atoms with Gasteiger partial charge in [0.25, 0.3) is 0 Å². The lowest BCUT2D eigenvalue weighted by Crippen LogP contribution is -2.28. The van der Waals surface area contributed by atoms with Gasteiger partial charge in [0.2, 0.25) is 11.8 Å². The molecule has 1 heterocycles. The number of benzene rings is 2. The monoisotopic (exact) mass is 416 g/mol. The molecule has 0 aliphatic carbocycles. The Kier molecular flexibility index (Phi) is 6.65. The Labute approximate surface area is 171 Å². The van der Waals surface area contributed by atoms with E-state index in [-0.39, 0.29) is 17.4 Å². The van der Waals surface area contributed by atoms with Crippen LogP contribution in [0.15, 0.2) is 52.9 Å². The normalized spacial score (nSPS) is 12.0. The highest BCUT2D eigenvalue weighted by Gasteiger charge is 2.17.